The molecule has 0 aliphatic rings. The lowest BCUT2D eigenvalue weighted by Crippen LogP contribution is -2.16. The highest BCUT2D eigenvalue weighted by Crippen LogP contribution is 1.94. The molecule has 0 atom stereocenters. The lowest BCUT2D eigenvalue weighted by atomic mass is 10.3. The molecule has 8 heavy (non-hydrogen) atoms. The van der Waals surface area contributed by atoms with E-state index in [1.165, 1.54) is 0 Å². The largest absolute Gasteiger partial charge is 0.304 e. The molecular formula is C4H6F2N2. The van der Waals surface area contributed by atoms with E-state index in [2.05, 4.69) is 0 Å². The van der Waals surface area contributed by atoms with E-state index in [4.69, 9.17) is 10.8 Å². The molecule has 0 spiro atoms. The van der Waals surface area contributed by atoms with Gasteiger partial charge in [0.25, 0.3) is 6.43 Å². The molecule has 0 saturated heterocycles. The Kier molecular flexibility index (Phi) is 2.24. The van der Waals surface area contributed by atoms with Crippen molar-refractivity contribution >= 4 is 11.4 Å². The summed E-state index contributed by atoms with van der Waals surface area (Å²) in [5.74, 6) is 0. The van der Waals surface area contributed by atoms with Gasteiger partial charge in [-0.25, -0.2) is 8.78 Å². The molecule has 0 radical (unpaired) electrons. The van der Waals surface area contributed by atoms with Crippen molar-refractivity contribution in [3.05, 3.63) is 0 Å². The Hall–Kier alpha value is -0.800. The van der Waals surface area contributed by atoms with Gasteiger partial charge in [0.05, 0.1) is 5.71 Å². The first-order valence-electron chi connectivity index (χ1n) is 1.98. The molecule has 0 saturated carbocycles. The Labute approximate surface area is 45.5 Å². The van der Waals surface area contributed by atoms with Crippen LogP contribution in [0.3, 0.4) is 0 Å². The zero-order chi connectivity index (χ0) is 6.73. The summed E-state index contributed by atoms with van der Waals surface area (Å²) in [4.78, 5) is 0. The first kappa shape index (κ1) is 7.20. The molecule has 0 aromatic heterocycles. The van der Waals surface area contributed by atoms with Crippen LogP contribution in [-0.4, -0.2) is 17.8 Å². The van der Waals surface area contributed by atoms with Gasteiger partial charge in [-0.3, -0.25) is 5.41 Å². The fraction of sp³-hybridized carbons (Fsp3) is 0.500. The van der Waals surface area contributed by atoms with Crippen molar-refractivity contribution in [3.63, 3.8) is 0 Å². The highest BCUT2D eigenvalue weighted by molar-refractivity contribution is 6.40. The first-order chi connectivity index (χ1) is 3.55. The number of hydrogen-bond acceptors (Lipinski definition) is 2. The van der Waals surface area contributed by atoms with Crippen LogP contribution in [0.5, 0.6) is 0 Å². The first-order valence-corrected chi connectivity index (χ1v) is 1.98. The molecule has 0 aliphatic heterocycles. The molecule has 0 rings (SSSR count). The minimum absolute atomic E-state index is 0.375. The standard InChI is InChI=1S/C4H6F2N2/c1-2(7)3(8)4(5)6/h4,7-8H,1H3. The fourth-order valence-corrected chi connectivity index (χ4v) is 0.164. The average Bonchev–Trinajstić information content (AvgIpc) is 1.64. The Morgan fingerprint density at radius 1 is 1.38 bits per heavy atom. The number of rotatable bonds is 2. The van der Waals surface area contributed by atoms with E-state index in [-0.39, 0.29) is 5.71 Å². The zero-order valence-electron chi connectivity index (χ0n) is 4.33. The molecule has 0 aromatic carbocycles. The number of halogens is 2. The Bertz CT molecular complexity index is 119. The van der Waals surface area contributed by atoms with Crippen LogP contribution >= 0.6 is 0 Å². The van der Waals surface area contributed by atoms with Crippen molar-refractivity contribution in [2.24, 2.45) is 0 Å². The highest BCUT2D eigenvalue weighted by Gasteiger charge is 2.11. The lowest BCUT2D eigenvalue weighted by Gasteiger charge is -1.95. The van der Waals surface area contributed by atoms with Gasteiger partial charge in [0.2, 0.25) is 0 Å². The number of nitrogens with one attached hydrogen (secondary N) is 2. The van der Waals surface area contributed by atoms with E-state index in [9.17, 15) is 8.78 Å². The van der Waals surface area contributed by atoms with Crippen LogP contribution in [0.25, 0.3) is 0 Å². The monoisotopic (exact) mass is 120 g/mol. The van der Waals surface area contributed by atoms with Gasteiger partial charge in [0.1, 0.15) is 5.71 Å². The summed E-state index contributed by atoms with van der Waals surface area (Å²) in [6, 6.07) is 0. The van der Waals surface area contributed by atoms with E-state index in [0.29, 0.717) is 0 Å². The van der Waals surface area contributed by atoms with E-state index in [1.807, 2.05) is 0 Å². The third-order valence-corrected chi connectivity index (χ3v) is 0.622. The second-order valence-corrected chi connectivity index (χ2v) is 1.34. The predicted molar refractivity (Wildman–Crippen MR) is 27.1 cm³/mol. The van der Waals surface area contributed by atoms with Gasteiger partial charge in [-0.05, 0) is 6.92 Å². The van der Waals surface area contributed by atoms with Crippen LogP contribution in [0.4, 0.5) is 8.78 Å². The Morgan fingerprint density at radius 3 is 1.75 bits per heavy atom. The van der Waals surface area contributed by atoms with E-state index >= 15 is 0 Å². The number of hydrogen-bond donors (Lipinski definition) is 2. The lowest BCUT2D eigenvalue weighted by molar-refractivity contribution is 0.227. The van der Waals surface area contributed by atoms with E-state index in [0.717, 1.165) is 6.92 Å². The fourth-order valence-electron chi connectivity index (χ4n) is 0.164. The van der Waals surface area contributed by atoms with E-state index < -0.39 is 12.1 Å². The minimum Gasteiger partial charge on any atom is -0.304 e. The molecule has 0 aliphatic carbocycles. The van der Waals surface area contributed by atoms with Crippen LogP contribution in [0.15, 0.2) is 0 Å². The topological polar surface area (TPSA) is 47.7 Å². The molecule has 0 bridgehead atoms. The second-order valence-electron chi connectivity index (χ2n) is 1.34. The van der Waals surface area contributed by atoms with Crippen LogP contribution < -0.4 is 0 Å². The molecule has 46 valence electrons. The average molecular weight is 120 g/mol. The van der Waals surface area contributed by atoms with Crippen molar-refractivity contribution in [1.29, 1.82) is 10.8 Å². The Morgan fingerprint density at radius 2 is 1.75 bits per heavy atom. The van der Waals surface area contributed by atoms with Gasteiger partial charge in [0, 0.05) is 0 Å². The molecule has 2 N–H and O–H groups in total. The molecule has 0 fully saturated rings. The van der Waals surface area contributed by atoms with Crippen LogP contribution in [0.2, 0.25) is 0 Å². The summed E-state index contributed by atoms with van der Waals surface area (Å²) in [6.07, 6.45) is -2.80. The molecular weight excluding hydrogens is 114 g/mol. The van der Waals surface area contributed by atoms with Gasteiger partial charge in [-0.2, -0.15) is 0 Å². The smallest absolute Gasteiger partial charge is 0.281 e. The SMILES string of the molecule is CC(=N)C(=N)C(F)F. The minimum atomic E-state index is -2.80. The molecule has 0 unspecified atom stereocenters. The molecule has 4 heteroatoms. The summed E-state index contributed by atoms with van der Waals surface area (Å²) in [5.41, 5.74) is -1.27. The van der Waals surface area contributed by atoms with Crippen molar-refractivity contribution in [3.8, 4) is 0 Å². The summed E-state index contributed by atoms with van der Waals surface area (Å²) in [5, 5.41) is 12.9. The van der Waals surface area contributed by atoms with Gasteiger partial charge < -0.3 is 5.41 Å². The van der Waals surface area contributed by atoms with Crippen molar-refractivity contribution in [2.75, 3.05) is 0 Å². The normalized spacial score (nSPS) is 9.50. The van der Waals surface area contributed by atoms with Crippen molar-refractivity contribution < 1.29 is 8.78 Å². The summed E-state index contributed by atoms with van der Waals surface area (Å²) >= 11 is 0. The molecule has 0 aromatic rings. The van der Waals surface area contributed by atoms with Gasteiger partial charge in [-0.1, -0.05) is 0 Å². The highest BCUT2D eigenvalue weighted by atomic mass is 19.3. The maximum atomic E-state index is 11.3. The summed E-state index contributed by atoms with van der Waals surface area (Å²) in [6.45, 7) is 1.16. The summed E-state index contributed by atoms with van der Waals surface area (Å²) in [7, 11) is 0. The third kappa shape index (κ3) is 1.77. The van der Waals surface area contributed by atoms with Crippen LogP contribution in [0.1, 0.15) is 6.92 Å². The van der Waals surface area contributed by atoms with Crippen LogP contribution in [0, 0.1) is 10.8 Å². The maximum absolute atomic E-state index is 11.3. The molecule has 2 nitrogen and oxygen atoms in total. The number of alkyl halides is 2. The predicted octanol–water partition coefficient (Wildman–Crippen LogP) is 1.31. The van der Waals surface area contributed by atoms with Gasteiger partial charge in [-0.15, -0.1) is 0 Å². The van der Waals surface area contributed by atoms with E-state index in [1.54, 1.807) is 0 Å². The van der Waals surface area contributed by atoms with Gasteiger partial charge in [0.15, 0.2) is 0 Å². The van der Waals surface area contributed by atoms with Crippen molar-refractivity contribution in [1.82, 2.24) is 0 Å². The van der Waals surface area contributed by atoms with Crippen molar-refractivity contribution in [2.45, 2.75) is 13.3 Å². The zero-order valence-corrected chi connectivity index (χ0v) is 4.33. The third-order valence-electron chi connectivity index (χ3n) is 0.622. The van der Waals surface area contributed by atoms with Gasteiger partial charge >= 0.3 is 0 Å². The molecule has 0 heterocycles. The molecule has 0 amide bonds. The second kappa shape index (κ2) is 2.49. The summed E-state index contributed by atoms with van der Waals surface area (Å²) < 4.78 is 22.6. The Balaban J connectivity index is 3.84. The quantitative estimate of drug-likeness (QED) is 0.516. The van der Waals surface area contributed by atoms with Crippen LogP contribution in [-0.2, 0) is 0 Å². The maximum Gasteiger partial charge on any atom is 0.281 e.